The summed E-state index contributed by atoms with van der Waals surface area (Å²) in [4.78, 5) is 0. The van der Waals surface area contributed by atoms with Crippen LogP contribution in [0.3, 0.4) is 0 Å². The van der Waals surface area contributed by atoms with E-state index in [4.69, 9.17) is 0 Å². The lowest BCUT2D eigenvalue weighted by molar-refractivity contribution is 0.485. The van der Waals surface area contributed by atoms with Crippen molar-refractivity contribution >= 4 is 0 Å². The van der Waals surface area contributed by atoms with Crippen LogP contribution in [0, 0.1) is 0 Å². The molecular formula is C43H37N. The zero-order chi connectivity index (χ0) is 30.1. The molecular weight excluding hydrogens is 530 g/mol. The third-order valence-electron chi connectivity index (χ3n) is 10.7. The molecule has 1 heteroatoms. The van der Waals surface area contributed by atoms with Crippen molar-refractivity contribution in [3.8, 4) is 22.3 Å². The summed E-state index contributed by atoms with van der Waals surface area (Å²) in [7, 11) is 2.04. The normalized spacial score (nSPS) is 16.4. The average molecular weight is 568 g/mol. The molecule has 1 N–H and O–H groups in total. The van der Waals surface area contributed by atoms with Crippen LogP contribution in [0.25, 0.3) is 22.3 Å². The number of fused-ring (bicyclic) bond motifs is 9. The van der Waals surface area contributed by atoms with Crippen LogP contribution in [-0.2, 0) is 16.4 Å². The molecule has 1 nitrogen and oxygen atoms in total. The molecule has 0 radical (unpaired) electrons. The van der Waals surface area contributed by atoms with Gasteiger partial charge in [0.15, 0.2) is 0 Å². The molecule has 0 bridgehead atoms. The van der Waals surface area contributed by atoms with Gasteiger partial charge in [-0.2, -0.15) is 0 Å². The fourth-order valence-corrected chi connectivity index (χ4v) is 8.27. The van der Waals surface area contributed by atoms with Crippen LogP contribution < -0.4 is 5.32 Å². The Labute approximate surface area is 261 Å². The van der Waals surface area contributed by atoms with E-state index in [1.165, 1.54) is 66.8 Å². The van der Waals surface area contributed by atoms with E-state index in [0.29, 0.717) is 0 Å². The largest absolute Gasteiger partial charge is 0.307 e. The predicted octanol–water partition coefficient (Wildman–Crippen LogP) is 9.84. The fourth-order valence-electron chi connectivity index (χ4n) is 8.27. The topological polar surface area (TPSA) is 12.0 Å². The maximum absolute atomic E-state index is 3.57. The Bertz CT molecular complexity index is 1980. The molecule has 8 rings (SSSR count). The fraction of sp³-hybridized carbons (Fsp3) is 0.163. The van der Waals surface area contributed by atoms with Gasteiger partial charge >= 0.3 is 0 Å². The molecule has 0 amide bonds. The van der Waals surface area contributed by atoms with Crippen molar-refractivity contribution in [2.24, 2.45) is 0 Å². The minimum Gasteiger partial charge on any atom is -0.307 e. The Hall–Kier alpha value is -4.72. The van der Waals surface area contributed by atoms with Gasteiger partial charge in [0.2, 0.25) is 0 Å². The number of benzene rings is 6. The minimum absolute atomic E-state index is 0.0839. The molecule has 0 heterocycles. The van der Waals surface area contributed by atoms with Gasteiger partial charge in [-0.25, -0.2) is 0 Å². The zero-order valence-corrected chi connectivity index (χ0v) is 25.9. The lowest BCUT2D eigenvalue weighted by Crippen LogP contribution is -2.40. The van der Waals surface area contributed by atoms with Crippen molar-refractivity contribution in [2.45, 2.75) is 37.1 Å². The first-order valence-corrected chi connectivity index (χ1v) is 15.7. The highest BCUT2D eigenvalue weighted by molar-refractivity contribution is 5.90. The molecule has 0 saturated heterocycles. The molecule has 1 atom stereocenters. The van der Waals surface area contributed by atoms with Gasteiger partial charge in [0.1, 0.15) is 0 Å². The molecule has 0 aliphatic heterocycles. The molecule has 0 saturated carbocycles. The monoisotopic (exact) mass is 567 g/mol. The van der Waals surface area contributed by atoms with E-state index < -0.39 is 0 Å². The highest BCUT2D eigenvalue weighted by Crippen LogP contribution is 2.62. The highest BCUT2D eigenvalue weighted by atomic mass is 14.9. The minimum atomic E-state index is -0.346. The van der Waals surface area contributed by atoms with Crippen LogP contribution in [0.4, 0.5) is 0 Å². The number of hydrogen-bond donors (Lipinski definition) is 1. The van der Waals surface area contributed by atoms with Crippen LogP contribution in [0.5, 0.6) is 0 Å². The van der Waals surface area contributed by atoms with Crippen molar-refractivity contribution < 1.29 is 0 Å². The molecule has 214 valence electrons. The summed E-state index contributed by atoms with van der Waals surface area (Å²) in [5.41, 5.74) is 15.3. The Morgan fingerprint density at radius 2 is 0.932 bits per heavy atom. The van der Waals surface area contributed by atoms with Crippen LogP contribution in [0.2, 0.25) is 0 Å². The second-order valence-corrected chi connectivity index (χ2v) is 13.1. The van der Waals surface area contributed by atoms with Gasteiger partial charge in [0, 0.05) is 5.41 Å². The molecule has 2 aliphatic rings. The van der Waals surface area contributed by atoms with Crippen molar-refractivity contribution in [3.63, 3.8) is 0 Å². The summed E-state index contributed by atoms with van der Waals surface area (Å²) >= 11 is 0. The van der Waals surface area contributed by atoms with E-state index in [1.807, 2.05) is 7.05 Å². The predicted molar refractivity (Wildman–Crippen MR) is 183 cm³/mol. The highest BCUT2D eigenvalue weighted by Gasteiger charge is 2.53. The smallest absolute Gasteiger partial charge is 0.0719 e. The first-order valence-electron chi connectivity index (χ1n) is 15.7. The van der Waals surface area contributed by atoms with E-state index in [9.17, 15) is 0 Å². The van der Waals surface area contributed by atoms with Gasteiger partial charge in [-0.15, -0.1) is 0 Å². The number of rotatable bonds is 4. The number of hydrogen-bond acceptors (Lipinski definition) is 1. The van der Waals surface area contributed by atoms with Crippen LogP contribution in [0.1, 0.15) is 65.3 Å². The first kappa shape index (κ1) is 26.9. The molecule has 0 aromatic heterocycles. The van der Waals surface area contributed by atoms with Gasteiger partial charge in [-0.05, 0) is 86.8 Å². The van der Waals surface area contributed by atoms with Crippen LogP contribution in [-0.4, -0.2) is 7.05 Å². The van der Waals surface area contributed by atoms with Crippen molar-refractivity contribution in [1.29, 1.82) is 0 Å². The second kappa shape index (κ2) is 9.64. The van der Waals surface area contributed by atoms with E-state index in [1.54, 1.807) is 0 Å². The standard InChI is InChI=1S/C43H37N/c1-41(2)37-18-10-12-20-39(37)43(40-21-13-11-19-38(40)41)35-17-9-8-16-33(35)34-28-30(24-27-36(34)43)29-22-25-32(26-23-29)42(3,44-4)31-14-6-5-7-15-31/h5-28,44H,1-4H3. The summed E-state index contributed by atoms with van der Waals surface area (Å²) in [5.74, 6) is 0. The van der Waals surface area contributed by atoms with Gasteiger partial charge in [-0.1, -0.05) is 153 Å². The van der Waals surface area contributed by atoms with E-state index in [-0.39, 0.29) is 16.4 Å². The third-order valence-corrected chi connectivity index (χ3v) is 10.7. The molecule has 6 aromatic rings. The van der Waals surface area contributed by atoms with E-state index in [2.05, 4.69) is 172 Å². The summed E-state index contributed by atoms with van der Waals surface area (Å²) in [6.07, 6.45) is 0. The molecule has 1 unspecified atom stereocenters. The van der Waals surface area contributed by atoms with Gasteiger partial charge in [0.05, 0.1) is 11.0 Å². The third kappa shape index (κ3) is 3.51. The van der Waals surface area contributed by atoms with Crippen molar-refractivity contribution in [1.82, 2.24) is 5.32 Å². The lowest BCUT2D eigenvalue weighted by Gasteiger charge is -2.46. The van der Waals surface area contributed by atoms with Gasteiger partial charge in [-0.3, -0.25) is 0 Å². The van der Waals surface area contributed by atoms with Crippen molar-refractivity contribution in [2.75, 3.05) is 7.05 Å². The second-order valence-electron chi connectivity index (χ2n) is 13.1. The van der Waals surface area contributed by atoms with E-state index in [0.717, 1.165) is 0 Å². The van der Waals surface area contributed by atoms with Crippen LogP contribution >= 0.6 is 0 Å². The number of nitrogens with one attached hydrogen (secondary N) is 1. The average Bonchev–Trinajstić information content (AvgIpc) is 3.38. The van der Waals surface area contributed by atoms with Gasteiger partial charge < -0.3 is 5.32 Å². The SMILES string of the molecule is CNC(C)(c1ccccc1)c1ccc(-c2ccc3c(c2)-c2ccccc2C32c3ccccc3C(C)(C)c3ccccc32)cc1. The maximum Gasteiger partial charge on any atom is 0.0719 e. The lowest BCUT2D eigenvalue weighted by atomic mass is 9.55. The molecule has 2 aliphatic carbocycles. The summed E-state index contributed by atoms with van der Waals surface area (Å²) in [6.45, 7) is 7.01. The molecule has 44 heavy (non-hydrogen) atoms. The summed E-state index contributed by atoms with van der Waals surface area (Å²) in [6, 6.07) is 54.3. The Morgan fingerprint density at radius 3 is 1.55 bits per heavy atom. The van der Waals surface area contributed by atoms with E-state index >= 15 is 0 Å². The Kier molecular flexibility index (Phi) is 5.89. The summed E-state index contributed by atoms with van der Waals surface area (Å²) < 4.78 is 0. The Morgan fingerprint density at radius 1 is 0.455 bits per heavy atom. The maximum atomic E-state index is 3.57. The van der Waals surface area contributed by atoms with Crippen molar-refractivity contribution in [3.05, 3.63) is 190 Å². The first-order chi connectivity index (χ1) is 21.4. The Balaban J connectivity index is 1.31. The summed E-state index contributed by atoms with van der Waals surface area (Å²) in [5, 5.41) is 3.57. The molecule has 6 aromatic carbocycles. The van der Waals surface area contributed by atoms with Crippen LogP contribution in [0.15, 0.2) is 146 Å². The molecule has 0 fully saturated rings. The molecule has 1 spiro atoms. The van der Waals surface area contributed by atoms with Gasteiger partial charge in [0.25, 0.3) is 0 Å². The zero-order valence-electron chi connectivity index (χ0n) is 25.9. The quantitative estimate of drug-likeness (QED) is 0.223.